The van der Waals surface area contributed by atoms with Crippen molar-refractivity contribution >= 4 is 23.9 Å². The van der Waals surface area contributed by atoms with E-state index in [-0.39, 0.29) is 16.7 Å². The molecule has 1 fully saturated rings. The number of carbonyl (C=O) groups excluding carboxylic acids is 4. The number of benzene rings is 3. The SMILES string of the molecule is COC(=O)C1O[C@@H](O)C(OC(=O)c2ccccc2)C(OC(=O)c2ccccc2)[C@@H]1OC(=O)c1ccccc1. The Morgan fingerprint density at radius 2 is 0.974 bits per heavy atom. The molecule has 1 saturated heterocycles. The summed E-state index contributed by atoms with van der Waals surface area (Å²) in [6.45, 7) is 0. The fourth-order valence-corrected chi connectivity index (χ4v) is 3.82. The third-order valence-electron chi connectivity index (χ3n) is 5.70. The van der Waals surface area contributed by atoms with E-state index in [4.69, 9.17) is 23.7 Å². The van der Waals surface area contributed by atoms with Crippen molar-refractivity contribution in [3.05, 3.63) is 108 Å². The van der Waals surface area contributed by atoms with Crippen molar-refractivity contribution in [3.63, 3.8) is 0 Å². The van der Waals surface area contributed by atoms with E-state index < -0.39 is 54.6 Å². The molecule has 0 spiro atoms. The first kappa shape index (κ1) is 26.5. The molecular weight excluding hydrogens is 496 g/mol. The molecule has 3 unspecified atom stereocenters. The average molecular weight is 520 g/mol. The Morgan fingerprint density at radius 1 is 0.605 bits per heavy atom. The molecule has 0 bridgehead atoms. The van der Waals surface area contributed by atoms with Crippen LogP contribution in [0.1, 0.15) is 31.1 Å². The van der Waals surface area contributed by atoms with Crippen LogP contribution in [0.4, 0.5) is 0 Å². The van der Waals surface area contributed by atoms with E-state index >= 15 is 0 Å². The highest BCUT2D eigenvalue weighted by molar-refractivity contribution is 5.91. The molecule has 0 aliphatic carbocycles. The summed E-state index contributed by atoms with van der Waals surface area (Å²) in [5, 5.41) is 10.8. The Morgan fingerprint density at radius 3 is 1.37 bits per heavy atom. The highest BCUT2D eigenvalue weighted by Crippen LogP contribution is 2.30. The molecule has 1 aliphatic rings. The van der Waals surface area contributed by atoms with E-state index in [2.05, 4.69) is 0 Å². The molecule has 1 N–H and O–H groups in total. The molecule has 0 saturated carbocycles. The minimum Gasteiger partial charge on any atom is -0.467 e. The van der Waals surface area contributed by atoms with Crippen LogP contribution in [0.2, 0.25) is 0 Å². The number of aliphatic hydroxyl groups is 1. The molecule has 0 radical (unpaired) electrons. The van der Waals surface area contributed by atoms with Gasteiger partial charge in [0, 0.05) is 0 Å². The molecule has 3 aromatic rings. The summed E-state index contributed by atoms with van der Waals surface area (Å²) in [6.07, 6.45) is -8.63. The highest BCUT2D eigenvalue weighted by Gasteiger charge is 2.55. The van der Waals surface area contributed by atoms with Crippen LogP contribution in [0, 0.1) is 0 Å². The average Bonchev–Trinajstić information content (AvgIpc) is 2.96. The number of hydrogen-bond acceptors (Lipinski definition) is 10. The van der Waals surface area contributed by atoms with E-state index in [1.54, 1.807) is 54.6 Å². The molecular formula is C28H24O10. The lowest BCUT2D eigenvalue weighted by molar-refractivity contribution is -0.278. The van der Waals surface area contributed by atoms with E-state index in [9.17, 15) is 24.3 Å². The minimum absolute atomic E-state index is 0.129. The van der Waals surface area contributed by atoms with Crippen LogP contribution in [0.5, 0.6) is 0 Å². The Labute approximate surface area is 217 Å². The molecule has 10 nitrogen and oxygen atoms in total. The number of methoxy groups -OCH3 is 1. The lowest BCUT2D eigenvalue weighted by Gasteiger charge is -2.42. The summed E-state index contributed by atoms with van der Waals surface area (Å²) in [4.78, 5) is 51.4. The van der Waals surface area contributed by atoms with Gasteiger partial charge in [-0.05, 0) is 36.4 Å². The van der Waals surface area contributed by atoms with E-state index in [1.165, 1.54) is 36.4 Å². The van der Waals surface area contributed by atoms with Crippen molar-refractivity contribution in [2.45, 2.75) is 30.7 Å². The van der Waals surface area contributed by atoms with Gasteiger partial charge in [0.1, 0.15) is 0 Å². The zero-order chi connectivity index (χ0) is 27.1. The lowest BCUT2D eigenvalue weighted by atomic mass is 9.97. The maximum atomic E-state index is 13.0. The van der Waals surface area contributed by atoms with Crippen LogP contribution in [-0.4, -0.2) is 66.8 Å². The fraction of sp³-hybridized carbons (Fsp3) is 0.214. The van der Waals surface area contributed by atoms with Gasteiger partial charge in [0.2, 0.25) is 0 Å². The van der Waals surface area contributed by atoms with Crippen LogP contribution in [0.3, 0.4) is 0 Å². The van der Waals surface area contributed by atoms with Crippen molar-refractivity contribution in [1.29, 1.82) is 0 Å². The van der Waals surface area contributed by atoms with E-state index in [0.717, 1.165) is 7.11 Å². The second-order valence-corrected chi connectivity index (χ2v) is 8.18. The van der Waals surface area contributed by atoms with Crippen LogP contribution < -0.4 is 0 Å². The zero-order valence-electron chi connectivity index (χ0n) is 20.2. The highest BCUT2D eigenvalue weighted by atomic mass is 16.7. The molecule has 3 aromatic carbocycles. The Bertz CT molecular complexity index is 1260. The van der Waals surface area contributed by atoms with Crippen molar-refractivity contribution in [2.75, 3.05) is 7.11 Å². The number of rotatable bonds is 7. The van der Waals surface area contributed by atoms with Gasteiger partial charge >= 0.3 is 23.9 Å². The summed E-state index contributed by atoms with van der Waals surface area (Å²) >= 11 is 0. The smallest absolute Gasteiger partial charge is 0.339 e. The van der Waals surface area contributed by atoms with Crippen molar-refractivity contribution in [2.24, 2.45) is 0 Å². The molecule has 5 atom stereocenters. The lowest BCUT2D eigenvalue weighted by Crippen LogP contribution is -2.63. The third-order valence-corrected chi connectivity index (χ3v) is 5.70. The maximum absolute atomic E-state index is 13.0. The Balaban J connectivity index is 1.71. The summed E-state index contributed by atoms with van der Waals surface area (Å²) in [5.41, 5.74) is 0.401. The zero-order valence-corrected chi connectivity index (χ0v) is 20.2. The molecule has 196 valence electrons. The van der Waals surface area contributed by atoms with Gasteiger partial charge in [-0.1, -0.05) is 54.6 Å². The van der Waals surface area contributed by atoms with E-state index in [1.807, 2.05) is 0 Å². The van der Waals surface area contributed by atoms with Crippen LogP contribution in [-0.2, 0) is 28.5 Å². The number of esters is 4. The summed E-state index contributed by atoms with van der Waals surface area (Å²) < 4.78 is 26.9. The number of ether oxygens (including phenoxy) is 5. The molecule has 0 amide bonds. The monoisotopic (exact) mass is 520 g/mol. The van der Waals surface area contributed by atoms with E-state index in [0.29, 0.717) is 0 Å². The summed E-state index contributed by atoms with van der Waals surface area (Å²) in [5.74, 6) is -3.64. The second kappa shape index (κ2) is 12.1. The number of aliphatic hydroxyl groups excluding tert-OH is 1. The first-order valence-electron chi connectivity index (χ1n) is 11.6. The molecule has 1 aliphatic heterocycles. The number of carbonyl (C=O) groups is 4. The summed E-state index contributed by atoms with van der Waals surface area (Å²) in [7, 11) is 1.07. The molecule has 1 heterocycles. The van der Waals surface area contributed by atoms with Gasteiger partial charge in [-0.3, -0.25) is 0 Å². The van der Waals surface area contributed by atoms with Crippen LogP contribution >= 0.6 is 0 Å². The molecule has 4 rings (SSSR count). The first-order chi connectivity index (χ1) is 18.4. The first-order valence-corrected chi connectivity index (χ1v) is 11.6. The summed E-state index contributed by atoms with van der Waals surface area (Å²) in [6, 6.07) is 23.6. The van der Waals surface area contributed by atoms with Crippen molar-refractivity contribution in [1.82, 2.24) is 0 Å². The molecule has 38 heavy (non-hydrogen) atoms. The van der Waals surface area contributed by atoms with Crippen LogP contribution in [0.25, 0.3) is 0 Å². The largest absolute Gasteiger partial charge is 0.467 e. The predicted molar refractivity (Wildman–Crippen MR) is 130 cm³/mol. The Hall–Kier alpha value is -4.54. The van der Waals surface area contributed by atoms with Gasteiger partial charge in [0.05, 0.1) is 23.8 Å². The van der Waals surface area contributed by atoms with Crippen LogP contribution in [0.15, 0.2) is 91.0 Å². The quantitative estimate of drug-likeness (QED) is 0.366. The topological polar surface area (TPSA) is 135 Å². The normalized spacial score (nSPS) is 22.5. The van der Waals surface area contributed by atoms with Gasteiger partial charge in [-0.25, -0.2) is 19.2 Å². The number of hydrogen-bond donors (Lipinski definition) is 1. The van der Waals surface area contributed by atoms with Gasteiger partial charge in [0.25, 0.3) is 0 Å². The van der Waals surface area contributed by atoms with Crippen molar-refractivity contribution < 1.29 is 48.0 Å². The standard InChI is InChI=1S/C28H24O10/c1-34-27(32)22-20(35-24(29)17-11-5-2-6-12-17)21(36-25(30)18-13-7-3-8-14-18)23(28(33)38-22)37-26(31)19-15-9-4-10-16-19/h2-16,20-23,28,33H,1H3/t20-,21?,22?,23?,28+/m0/s1. The van der Waals surface area contributed by atoms with Gasteiger partial charge in [0.15, 0.2) is 30.7 Å². The molecule has 10 heteroatoms. The van der Waals surface area contributed by atoms with Gasteiger partial charge in [-0.15, -0.1) is 0 Å². The predicted octanol–water partition coefficient (Wildman–Crippen LogP) is 2.55. The molecule has 0 aromatic heterocycles. The Kier molecular flexibility index (Phi) is 8.47. The van der Waals surface area contributed by atoms with Gasteiger partial charge < -0.3 is 28.8 Å². The third kappa shape index (κ3) is 6.05. The minimum atomic E-state index is -1.94. The maximum Gasteiger partial charge on any atom is 0.339 e. The fourth-order valence-electron chi connectivity index (χ4n) is 3.82. The van der Waals surface area contributed by atoms with Crippen molar-refractivity contribution in [3.8, 4) is 0 Å². The second-order valence-electron chi connectivity index (χ2n) is 8.18. The van der Waals surface area contributed by atoms with Gasteiger partial charge in [-0.2, -0.15) is 0 Å².